The van der Waals surface area contributed by atoms with Crippen molar-refractivity contribution in [1.82, 2.24) is 0 Å². The Labute approximate surface area is 177 Å². The molecule has 0 nitrogen and oxygen atoms in total. The molecule has 2 aliphatic rings. The zero-order valence-electron chi connectivity index (χ0n) is 16.9. The van der Waals surface area contributed by atoms with Crippen molar-refractivity contribution < 1.29 is 14.8 Å². The Hall–Kier alpha value is -0.413. The summed E-state index contributed by atoms with van der Waals surface area (Å²) in [5, 5.41) is 0. The average Bonchev–Trinajstić information content (AvgIpc) is 3.28. The first-order valence-corrected chi connectivity index (χ1v) is 31.0. The molecule has 0 bridgehead atoms. The van der Waals surface area contributed by atoms with Gasteiger partial charge in [-0.2, -0.15) is 0 Å². The van der Waals surface area contributed by atoms with Crippen molar-refractivity contribution >= 4 is 34.8 Å². The molecule has 0 radical (unpaired) electrons. The summed E-state index contributed by atoms with van der Waals surface area (Å²) in [6.45, 7) is 6.99. The molecular weight excluding hydrogens is 566 g/mol. The first-order chi connectivity index (χ1) is 13.4. The molecule has 0 aliphatic heterocycles. The topological polar surface area (TPSA) is 0 Å². The maximum absolute atomic E-state index is 7.95. The van der Waals surface area contributed by atoms with Crippen LogP contribution in [0.4, 0.5) is 0 Å². The van der Waals surface area contributed by atoms with Crippen LogP contribution in [0.2, 0.25) is 13.1 Å². The van der Waals surface area contributed by atoms with Gasteiger partial charge in [-0.3, -0.25) is 0 Å². The summed E-state index contributed by atoms with van der Waals surface area (Å²) in [5.41, 5.74) is 6.00. The van der Waals surface area contributed by atoms with Crippen LogP contribution in [-0.4, -0.2) is 5.49 Å². The van der Waals surface area contributed by atoms with E-state index < -0.39 is 20.3 Å². The van der Waals surface area contributed by atoms with Crippen LogP contribution in [0.5, 0.6) is 0 Å². The predicted molar refractivity (Wildman–Crippen MR) is 124 cm³/mol. The van der Waals surface area contributed by atoms with Gasteiger partial charge in [-0.15, -0.1) is 0 Å². The van der Waals surface area contributed by atoms with Gasteiger partial charge in [-0.1, -0.05) is 0 Å². The van der Waals surface area contributed by atoms with E-state index in [9.17, 15) is 0 Å². The van der Waals surface area contributed by atoms with E-state index in [-0.39, 0.29) is 3.67 Å². The van der Waals surface area contributed by atoms with Gasteiger partial charge in [-0.25, -0.2) is 0 Å². The summed E-state index contributed by atoms with van der Waals surface area (Å²) in [4.78, 5) is 0. The summed E-state index contributed by atoms with van der Waals surface area (Å²) in [6.07, 6.45) is 9.21. The fourth-order valence-electron chi connectivity index (χ4n) is 4.95. The molecule has 0 fully saturated rings. The van der Waals surface area contributed by atoms with Crippen LogP contribution < -0.4 is 0 Å². The van der Waals surface area contributed by atoms with E-state index in [4.69, 9.17) is 17.2 Å². The van der Waals surface area contributed by atoms with Gasteiger partial charge < -0.3 is 0 Å². The van der Waals surface area contributed by atoms with Crippen molar-refractivity contribution in [2.75, 3.05) is 0 Å². The van der Waals surface area contributed by atoms with Gasteiger partial charge in [0.15, 0.2) is 0 Å². The molecule has 4 rings (SSSR count). The molecule has 0 heterocycles. The van der Waals surface area contributed by atoms with E-state index in [0.29, 0.717) is 0 Å². The predicted octanol–water partition coefficient (Wildman–Crippen LogP) is 8.16. The molecule has 1 atom stereocenters. The number of rotatable bonds is 5. The van der Waals surface area contributed by atoms with E-state index in [1.54, 1.807) is 0 Å². The van der Waals surface area contributed by atoms with Gasteiger partial charge in [-0.05, 0) is 0 Å². The van der Waals surface area contributed by atoms with Crippen LogP contribution >= 0.6 is 17.2 Å². The van der Waals surface area contributed by atoms with Gasteiger partial charge in [0, 0.05) is 0 Å². The molecule has 0 spiro atoms. The SMILES string of the molecule is CCCCC1=Cc2ccccc2[CH]1[Hf]([Cl])([Cl])([C]1=Cc2ccccc2C1)=[Si](C)C. The van der Waals surface area contributed by atoms with Crippen molar-refractivity contribution in [2.45, 2.75) is 49.4 Å². The number of allylic oxidation sites excluding steroid dienone is 2. The molecule has 28 heavy (non-hydrogen) atoms. The third-order valence-electron chi connectivity index (χ3n) is 6.62. The van der Waals surface area contributed by atoms with Gasteiger partial charge in [0.05, 0.1) is 0 Å². The molecule has 2 aromatic rings. The van der Waals surface area contributed by atoms with Crippen LogP contribution in [0.25, 0.3) is 12.2 Å². The van der Waals surface area contributed by atoms with Crippen LogP contribution in [0.1, 0.15) is 52.1 Å². The van der Waals surface area contributed by atoms with Crippen molar-refractivity contribution in [3.05, 3.63) is 79.7 Å². The number of benzene rings is 2. The van der Waals surface area contributed by atoms with Gasteiger partial charge in [0.1, 0.15) is 0 Å². The maximum atomic E-state index is 7.95. The van der Waals surface area contributed by atoms with Crippen molar-refractivity contribution in [3.8, 4) is 0 Å². The average molecular weight is 594 g/mol. The van der Waals surface area contributed by atoms with E-state index in [1.807, 2.05) is 0 Å². The third-order valence-corrected chi connectivity index (χ3v) is 70.8. The molecule has 4 heteroatoms. The Kier molecular flexibility index (Phi) is 5.72. The summed E-state index contributed by atoms with van der Waals surface area (Å²) >= 11 is -4.48. The molecule has 1 unspecified atom stereocenters. The second-order valence-corrected chi connectivity index (χ2v) is 61.6. The van der Waals surface area contributed by atoms with Crippen molar-refractivity contribution in [2.24, 2.45) is 0 Å². The Morgan fingerprint density at radius 3 is 2.32 bits per heavy atom. The molecule has 146 valence electrons. The van der Waals surface area contributed by atoms with Gasteiger partial charge in [0.25, 0.3) is 0 Å². The Bertz CT molecular complexity index is 1070. The third kappa shape index (κ3) is 3.19. The fraction of sp³-hybridized carbons (Fsp3) is 0.333. The Morgan fingerprint density at radius 1 is 0.964 bits per heavy atom. The normalized spacial score (nSPS) is 18.4. The monoisotopic (exact) mass is 594 g/mol. The zero-order valence-corrected chi connectivity index (χ0v) is 23.0. The summed E-state index contributed by atoms with van der Waals surface area (Å²) in [6, 6.07) is 17.5. The summed E-state index contributed by atoms with van der Waals surface area (Å²) in [7, 11) is 15.9. The zero-order chi connectivity index (χ0) is 20.0. The number of unbranched alkanes of at least 4 members (excludes halogenated alkanes) is 1. The van der Waals surface area contributed by atoms with E-state index in [2.05, 4.69) is 80.7 Å². The first kappa shape index (κ1) is 20.8. The van der Waals surface area contributed by atoms with E-state index in [1.165, 1.54) is 44.0 Å². The molecule has 0 N–H and O–H groups in total. The number of hydrogen-bond acceptors (Lipinski definition) is 0. The second-order valence-electron chi connectivity index (χ2n) is 8.51. The summed E-state index contributed by atoms with van der Waals surface area (Å²) in [5.74, 6) is 0. The van der Waals surface area contributed by atoms with Gasteiger partial charge in [0.2, 0.25) is 0 Å². The second kappa shape index (κ2) is 7.69. The van der Waals surface area contributed by atoms with Crippen molar-refractivity contribution in [1.29, 1.82) is 0 Å². The molecular formula is C24H28Cl2HfSi. The molecule has 0 aromatic heterocycles. The van der Waals surface area contributed by atoms with Crippen LogP contribution in [0.15, 0.2) is 57.4 Å². The molecule has 2 aliphatic carbocycles. The van der Waals surface area contributed by atoms with Crippen LogP contribution in [0, 0.1) is 0 Å². The van der Waals surface area contributed by atoms with Crippen LogP contribution in [-0.2, 0) is 21.2 Å². The standard InChI is InChI=1S/C13H15.C9H7.C2H6Si.2ClH.Hf/c1-2-3-6-11-9-12-7-4-5-8-13(12)10-11;1-2-5-9-7-3-6-8(9)4-1;1-3-2;;;/h4-5,7-10H,2-3,6H2,1H3;1-2,4-6H,7H2;1-2H3;2*1H;/q;;;;;+2/p-2. The minimum absolute atomic E-state index is 0.243. The summed E-state index contributed by atoms with van der Waals surface area (Å²) < 4.78 is 1.64. The van der Waals surface area contributed by atoms with Gasteiger partial charge >= 0.3 is 179 Å². The minimum atomic E-state index is -4.48. The number of halogens is 2. The molecule has 0 amide bonds. The number of fused-ring (bicyclic) bond motifs is 2. The Balaban J connectivity index is 1.93. The molecule has 2 aromatic carbocycles. The van der Waals surface area contributed by atoms with E-state index in [0.717, 1.165) is 12.8 Å². The van der Waals surface area contributed by atoms with E-state index >= 15 is 0 Å². The van der Waals surface area contributed by atoms with Crippen LogP contribution in [0.3, 0.4) is 0 Å². The van der Waals surface area contributed by atoms with Crippen molar-refractivity contribution in [3.63, 3.8) is 0 Å². The quantitative estimate of drug-likeness (QED) is 0.307. The molecule has 0 saturated heterocycles. The number of hydrogen-bond donors (Lipinski definition) is 0. The first-order valence-electron chi connectivity index (χ1n) is 10.3. The molecule has 0 saturated carbocycles. The Morgan fingerprint density at radius 2 is 1.64 bits per heavy atom. The fourth-order valence-corrected chi connectivity index (χ4v) is 40.4.